The largest absolute Gasteiger partial charge is 0.506 e. The predicted octanol–water partition coefficient (Wildman–Crippen LogP) is 2.81. The van der Waals surface area contributed by atoms with Crippen LogP contribution in [0.5, 0.6) is 5.75 Å². The average Bonchev–Trinajstić information content (AvgIpc) is 2.94. The summed E-state index contributed by atoms with van der Waals surface area (Å²) in [4.78, 5) is 12.2. The maximum Gasteiger partial charge on any atom is 0.235 e. The summed E-state index contributed by atoms with van der Waals surface area (Å²) < 4.78 is 25.4. The average molecular weight is 374 g/mol. The summed E-state index contributed by atoms with van der Waals surface area (Å²) in [6.45, 7) is 2.41. The number of nitrogens with one attached hydrogen (secondary N) is 1. The van der Waals surface area contributed by atoms with Gasteiger partial charge in [0.1, 0.15) is 5.75 Å². The smallest absolute Gasteiger partial charge is 0.235 e. The lowest BCUT2D eigenvalue weighted by Crippen LogP contribution is -2.25. The molecule has 1 aliphatic rings. The van der Waals surface area contributed by atoms with Crippen molar-refractivity contribution in [3.63, 3.8) is 0 Å². The molecular weight excluding hydrogens is 352 g/mol. The van der Waals surface area contributed by atoms with Gasteiger partial charge in [-0.15, -0.1) is 0 Å². The van der Waals surface area contributed by atoms with Crippen LogP contribution in [0.3, 0.4) is 0 Å². The molecule has 7 heteroatoms. The van der Waals surface area contributed by atoms with Crippen LogP contribution in [0.4, 0.5) is 11.4 Å². The second-order valence-electron chi connectivity index (χ2n) is 6.48. The minimum absolute atomic E-state index is 0.0887. The molecule has 0 unspecified atom stereocenters. The molecule has 0 aromatic heterocycles. The van der Waals surface area contributed by atoms with E-state index in [1.807, 2.05) is 31.2 Å². The molecular formula is C19H22N2O4S. The van der Waals surface area contributed by atoms with Crippen molar-refractivity contribution in [2.45, 2.75) is 26.2 Å². The van der Waals surface area contributed by atoms with Crippen molar-refractivity contribution in [2.75, 3.05) is 21.9 Å². The van der Waals surface area contributed by atoms with E-state index in [-0.39, 0.29) is 29.5 Å². The minimum atomic E-state index is -3.31. The van der Waals surface area contributed by atoms with Gasteiger partial charge < -0.3 is 10.4 Å². The SMILES string of the molecule is Cc1cccc(CCC(=O)Nc2cc(N3CCCS3(=O)=O)ccc2O)c1. The summed E-state index contributed by atoms with van der Waals surface area (Å²) in [7, 11) is -3.31. The highest BCUT2D eigenvalue weighted by Crippen LogP contribution is 2.32. The van der Waals surface area contributed by atoms with Crippen molar-refractivity contribution in [3.8, 4) is 5.75 Å². The number of nitrogens with zero attached hydrogens (tertiary/aromatic N) is 1. The number of phenolic OH excluding ortho intramolecular Hbond substituents is 1. The second kappa shape index (κ2) is 7.37. The highest BCUT2D eigenvalue weighted by atomic mass is 32.2. The number of hydrogen-bond donors (Lipinski definition) is 2. The van der Waals surface area contributed by atoms with E-state index in [1.165, 1.54) is 16.4 Å². The third-order valence-electron chi connectivity index (χ3n) is 4.36. The first kappa shape index (κ1) is 18.3. The number of phenols is 1. The van der Waals surface area contributed by atoms with Crippen LogP contribution >= 0.6 is 0 Å². The Balaban J connectivity index is 1.69. The van der Waals surface area contributed by atoms with Gasteiger partial charge in [0, 0.05) is 13.0 Å². The molecule has 0 bridgehead atoms. The maximum atomic E-state index is 12.2. The van der Waals surface area contributed by atoms with E-state index in [0.29, 0.717) is 25.1 Å². The quantitative estimate of drug-likeness (QED) is 0.788. The number of sulfonamides is 1. The Kier molecular flexibility index (Phi) is 5.18. The molecule has 6 nitrogen and oxygen atoms in total. The summed E-state index contributed by atoms with van der Waals surface area (Å²) in [5.41, 5.74) is 2.88. The van der Waals surface area contributed by atoms with E-state index in [4.69, 9.17) is 0 Å². The van der Waals surface area contributed by atoms with Gasteiger partial charge in [-0.3, -0.25) is 9.10 Å². The molecule has 1 amide bonds. The van der Waals surface area contributed by atoms with E-state index in [2.05, 4.69) is 5.32 Å². The third-order valence-corrected chi connectivity index (χ3v) is 6.23. The Morgan fingerprint density at radius 2 is 2.04 bits per heavy atom. The Bertz CT molecular complexity index is 925. The molecule has 1 saturated heterocycles. The lowest BCUT2D eigenvalue weighted by molar-refractivity contribution is -0.116. The van der Waals surface area contributed by atoms with Gasteiger partial charge in [0.05, 0.1) is 17.1 Å². The van der Waals surface area contributed by atoms with Crippen LogP contribution in [0.15, 0.2) is 42.5 Å². The van der Waals surface area contributed by atoms with E-state index < -0.39 is 10.0 Å². The Hall–Kier alpha value is -2.54. The fraction of sp³-hybridized carbons (Fsp3) is 0.316. The summed E-state index contributed by atoms with van der Waals surface area (Å²) in [5, 5.41) is 12.7. The zero-order valence-corrected chi connectivity index (χ0v) is 15.4. The first-order chi connectivity index (χ1) is 12.3. The number of rotatable bonds is 5. The number of carbonyl (C=O) groups excluding carboxylic acids is 1. The number of aromatic hydroxyl groups is 1. The number of aryl methyl sites for hydroxylation is 2. The molecule has 2 aromatic rings. The van der Waals surface area contributed by atoms with Crippen LogP contribution in [0, 0.1) is 6.92 Å². The van der Waals surface area contributed by atoms with E-state index in [1.54, 1.807) is 6.07 Å². The van der Waals surface area contributed by atoms with Gasteiger partial charge >= 0.3 is 0 Å². The van der Waals surface area contributed by atoms with Gasteiger partial charge in [0.25, 0.3) is 0 Å². The van der Waals surface area contributed by atoms with E-state index >= 15 is 0 Å². The van der Waals surface area contributed by atoms with Crippen LogP contribution in [0.25, 0.3) is 0 Å². The lowest BCUT2D eigenvalue weighted by Gasteiger charge is -2.18. The predicted molar refractivity (Wildman–Crippen MR) is 102 cm³/mol. The van der Waals surface area contributed by atoms with E-state index in [0.717, 1.165) is 11.1 Å². The molecule has 0 aliphatic carbocycles. The van der Waals surface area contributed by atoms with Crippen molar-refractivity contribution in [3.05, 3.63) is 53.6 Å². The minimum Gasteiger partial charge on any atom is -0.506 e. The summed E-state index contributed by atoms with van der Waals surface area (Å²) >= 11 is 0. The highest BCUT2D eigenvalue weighted by Gasteiger charge is 2.28. The highest BCUT2D eigenvalue weighted by molar-refractivity contribution is 7.93. The standard InChI is InChI=1S/C19H22N2O4S/c1-14-4-2-5-15(12-14)6-9-19(23)20-17-13-16(7-8-18(17)22)21-10-3-11-26(21,24)25/h2,4-5,7-8,12-13,22H,3,6,9-11H2,1H3,(H,20,23). The first-order valence-electron chi connectivity index (χ1n) is 8.54. The molecule has 0 atom stereocenters. The normalized spacial score (nSPS) is 15.8. The summed E-state index contributed by atoms with van der Waals surface area (Å²) in [6, 6.07) is 12.4. The molecule has 0 spiro atoms. The molecule has 2 aromatic carbocycles. The maximum absolute atomic E-state index is 12.2. The van der Waals surface area contributed by atoms with Crippen molar-refractivity contribution in [1.82, 2.24) is 0 Å². The summed E-state index contributed by atoms with van der Waals surface area (Å²) in [5.74, 6) is -0.205. The van der Waals surface area contributed by atoms with Crippen molar-refractivity contribution in [1.29, 1.82) is 0 Å². The lowest BCUT2D eigenvalue weighted by atomic mass is 10.1. The summed E-state index contributed by atoms with van der Waals surface area (Å²) in [6.07, 6.45) is 1.44. The number of amides is 1. The molecule has 1 fully saturated rings. The molecule has 1 aliphatic heterocycles. The van der Waals surface area contributed by atoms with Crippen LogP contribution in [-0.2, 0) is 21.2 Å². The zero-order chi connectivity index (χ0) is 18.7. The number of anilines is 2. The zero-order valence-electron chi connectivity index (χ0n) is 14.6. The Morgan fingerprint density at radius 3 is 2.73 bits per heavy atom. The van der Waals surface area contributed by atoms with Crippen LogP contribution < -0.4 is 9.62 Å². The number of benzene rings is 2. The molecule has 2 N–H and O–H groups in total. The van der Waals surface area contributed by atoms with E-state index in [9.17, 15) is 18.3 Å². The molecule has 1 heterocycles. The van der Waals surface area contributed by atoms with Gasteiger partial charge in [0.15, 0.2) is 0 Å². The monoisotopic (exact) mass is 374 g/mol. The second-order valence-corrected chi connectivity index (χ2v) is 8.49. The van der Waals surface area contributed by atoms with Gasteiger partial charge in [-0.05, 0) is 43.5 Å². The molecule has 0 radical (unpaired) electrons. The number of carbonyl (C=O) groups is 1. The van der Waals surface area contributed by atoms with Gasteiger partial charge in [-0.2, -0.15) is 0 Å². The molecule has 3 rings (SSSR count). The Morgan fingerprint density at radius 1 is 1.23 bits per heavy atom. The molecule has 138 valence electrons. The molecule has 0 saturated carbocycles. The van der Waals surface area contributed by atoms with Crippen molar-refractivity contribution in [2.24, 2.45) is 0 Å². The third kappa shape index (κ3) is 4.16. The van der Waals surface area contributed by atoms with Crippen LogP contribution in [0.1, 0.15) is 24.0 Å². The Labute approximate surface area is 153 Å². The van der Waals surface area contributed by atoms with Crippen molar-refractivity contribution >= 4 is 27.3 Å². The van der Waals surface area contributed by atoms with Gasteiger partial charge in [0.2, 0.25) is 15.9 Å². The fourth-order valence-electron chi connectivity index (χ4n) is 3.05. The number of hydrogen-bond acceptors (Lipinski definition) is 4. The first-order valence-corrected chi connectivity index (χ1v) is 10.1. The van der Waals surface area contributed by atoms with Crippen molar-refractivity contribution < 1.29 is 18.3 Å². The van der Waals surface area contributed by atoms with Crippen LogP contribution in [-0.4, -0.2) is 31.7 Å². The van der Waals surface area contributed by atoms with Gasteiger partial charge in [-0.1, -0.05) is 29.8 Å². The van der Waals surface area contributed by atoms with Crippen LogP contribution in [0.2, 0.25) is 0 Å². The van der Waals surface area contributed by atoms with Gasteiger partial charge in [-0.25, -0.2) is 8.42 Å². The fourth-order valence-corrected chi connectivity index (χ4v) is 4.60. The molecule has 26 heavy (non-hydrogen) atoms. The topological polar surface area (TPSA) is 86.7 Å².